The summed E-state index contributed by atoms with van der Waals surface area (Å²) in [6, 6.07) is 0. The van der Waals surface area contributed by atoms with Crippen molar-refractivity contribution in [3.8, 4) is 0 Å². The van der Waals surface area contributed by atoms with Crippen molar-refractivity contribution in [1.82, 2.24) is 9.78 Å². The van der Waals surface area contributed by atoms with Crippen molar-refractivity contribution < 1.29 is 0 Å². The molecule has 3 heteroatoms. The van der Waals surface area contributed by atoms with Crippen LogP contribution in [0.15, 0.2) is 0 Å². The lowest BCUT2D eigenvalue weighted by atomic mass is 10.2. The van der Waals surface area contributed by atoms with Crippen LogP contribution < -0.4 is 5.73 Å². The van der Waals surface area contributed by atoms with Crippen molar-refractivity contribution in [1.29, 1.82) is 0 Å². The predicted molar refractivity (Wildman–Crippen MR) is 41.7 cm³/mol. The first-order chi connectivity index (χ1) is 4.66. The largest absolute Gasteiger partial charge is 0.384 e. The SMILES string of the molecule is CCc1c(C)nn(C)c1N. The lowest BCUT2D eigenvalue weighted by Crippen LogP contribution is -1.98. The quantitative estimate of drug-likeness (QED) is 0.627. The summed E-state index contributed by atoms with van der Waals surface area (Å²) in [5.41, 5.74) is 7.93. The summed E-state index contributed by atoms with van der Waals surface area (Å²) in [5, 5.41) is 4.17. The highest BCUT2D eigenvalue weighted by molar-refractivity contribution is 5.42. The average molecular weight is 139 g/mol. The molecule has 1 aromatic rings. The van der Waals surface area contributed by atoms with Gasteiger partial charge in [-0.2, -0.15) is 5.10 Å². The monoisotopic (exact) mass is 139 g/mol. The molecule has 0 saturated heterocycles. The fourth-order valence-electron chi connectivity index (χ4n) is 1.16. The number of aromatic nitrogens is 2. The van der Waals surface area contributed by atoms with Crippen LogP contribution in [0, 0.1) is 6.92 Å². The predicted octanol–water partition coefficient (Wildman–Crippen LogP) is 0.873. The normalized spacial score (nSPS) is 10.3. The molecule has 0 aliphatic heterocycles. The minimum atomic E-state index is 0.792. The molecule has 0 unspecified atom stereocenters. The molecule has 0 amide bonds. The number of aryl methyl sites for hydroxylation is 2. The molecule has 0 bridgehead atoms. The highest BCUT2D eigenvalue weighted by Crippen LogP contribution is 2.14. The van der Waals surface area contributed by atoms with E-state index in [0.717, 1.165) is 17.9 Å². The van der Waals surface area contributed by atoms with Gasteiger partial charge in [-0.05, 0) is 13.3 Å². The Bertz CT molecular complexity index is 237. The molecule has 1 rings (SSSR count). The van der Waals surface area contributed by atoms with Gasteiger partial charge < -0.3 is 5.73 Å². The van der Waals surface area contributed by atoms with Crippen LogP contribution in [0.3, 0.4) is 0 Å². The smallest absolute Gasteiger partial charge is 0.124 e. The van der Waals surface area contributed by atoms with Crippen molar-refractivity contribution in [3.63, 3.8) is 0 Å². The molecule has 0 fully saturated rings. The van der Waals surface area contributed by atoms with Crippen LogP contribution in [-0.4, -0.2) is 9.78 Å². The van der Waals surface area contributed by atoms with Gasteiger partial charge in [-0.1, -0.05) is 6.92 Å². The van der Waals surface area contributed by atoms with E-state index in [4.69, 9.17) is 5.73 Å². The minimum absolute atomic E-state index is 0.792. The highest BCUT2D eigenvalue weighted by Gasteiger charge is 2.06. The lowest BCUT2D eigenvalue weighted by molar-refractivity contribution is 0.767. The second-order valence-electron chi connectivity index (χ2n) is 2.43. The molecule has 0 spiro atoms. The third-order valence-corrected chi connectivity index (χ3v) is 1.75. The Morgan fingerprint density at radius 3 is 2.40 bits per heavy atom. The van der Waals surface area contributed by atoms with Crippen LogP contribution in [0.2, 0.25) is 0 Å². The molecule has 0 radical (unpaired) electrons. The van der Waals surface area contributed by atoms with Gasteiger partial charge in [0.15, 0.2) is 0 Å². The Balaban J connectivity index is 3.20. The van der Waals surface area contributed by atoms with Crippen LogP contribution >= 0.6 is 0 Å². The molecule has 10 heavy (non-hydrogen) atoms. The number of rotatable bonds is 1. The van der Waals surface area contributed by atoms with E-state index < -0.39 is 0 Å². The van der Waals surface area contributed by atoms with E-state index in [-0.39, 0.29) is 0 Å². The minimum Gasteiger partial charge on any atom is -0.384 e. The van der Waals surface area contributed by atoms with Crippen LogP contribution in [0.4, 0.5) is 5.82 Å². The summed E-state index contributed by atoms with van der Waals surface area (Å²) in [6.07, 6.45) is 0.964. The maximum Gasteiger partial charge on any atom is 0.124 e. The van der Waals surface area contributed by atoms with Crippen LogP contribution in [0.5, 0.6) is 0 Å². The lowest BCUT2D eigenvalue weighted by Gasteiger charge is -1.94. The molecular formula is C7H13N3. The number of nitrogens with zero attached hydrogens (tertiary/aromatic N) is 2. The van der Waals surface area contributed by atoms with Gasteiger partial charge in [0.1, 0.15) is 5.82 Å². The molecule has 0 aliphatic carbocycles. The first kappa shape index (κ1) is 7.12. The third kappa shape index (κ3) is 0.875. The maximum absolute atomic E-state index is 5.71. The summed E-state index contributed by atoms with van der Waals surface area (Å²) in [4.78, 5) is 0. The van der Waals surface area contributed by atoms with E-state index >= 15 is 0 Å². The van der Waals surface area contributed by atoms with Gasteiger partial charge in [-0.25, -0.2) is 0 Å². The molecule has 56 valence electrons. The number of hydrogen-bond donors (Lipinski definition) is 1. The molecule has 0 atom stereocenters. The average Bonchev–Trinajstić information content (AvgIpc) is 2.09. The standard InChI is InChI=1S/C7H13N3/c1-4-6-5(2)9-10(3)7(6)8/h4,8H2,1-3H3. The van der Waals surface area contributed by atoms with E-state index in [1.165, 1.54) is 5.56 Å². The molecule has 3 nitrogen and oxygen atoms in total. The third-order valence-electron chi connectivity index (χ3n) is 1.75. The van der Waals surface area contributed by atoms with Crippen molar-refractivity contribution in [2.24, 2.45) is 7.05 Å². The molecule has 0 saturated carbocycles. The van der Waals surface area contributed by atoms with Crippen molar-refractivity contribution in [3.05, 3.63) is 11.3 Å². The van der Waals surface area contributed by atoms with Gasteiger partial charge in [0.2, 0.25) is 0 Å². The summed E-state index contributed by atoms with van der Waals surface area (Å²) in [5.74, 6) is 0.792. The molecule has 1 heterocycles. The summed E-state index contributed by atoms with van der Waals surface area (Å²) in [7, 11) is 1.86. The molecule has 0 aliphatic rings. The number of anilines is 1. The van der Waals surface area contributed by atoms with Gasteiger partial charge in [-0.15, -0.1) is 0 Å². The van der Waals surface area contributed by atoms with Crippen LogP contribution in [0.1, 0.15) is 18.2 Å². The van der Waals surface area contributed by atoms with Gasteiger partial charge in [-0.3, -0.25) is 4.68 Å². The number of nitrogens with two attached hydrogens (primary N) is 1. The zero-order chi connectivity index (χ0) is 7.72. The first-order valence-electron chi connectivity index (χ1n) is 3.44. The fourth-order valence-corrected chi connectivity index (χ4v) is 1.16. The van der Waals surface area contributed by atoms with Crippen molar-refractivity contribution in [2.45, 2.75) is 20.3 Å². The van der Waals surface area contributed by atoms with Crippen LogP contribution in [0.25, 0.3) is 0 Å². The van der Waals surface area contributed by atoms with Gasteiger partial charge >= 0.3 is 0 Å². The number of nitrogen functional groups attached to an aromatic ring is 1. The Labute approximate surface area is 60.8 Å². The van der Waals surface area contributed by atoms with E-state index in [9.17, 15) is 0 Å². The van der Waals surface area contributed by atoms with Crippen LogP contribution in [-0.2, 0) is 13.5 Å². The molecular weight excluding hydrogens is 126 g/mol. The second-order valence-corrected chi connectivity index (χ2v) is 2.43. The zero-order valence-corrected chi connectivity index (χ0v) is 6.68. The van der Waals surface area contributed by atoms with Gasteiger partial charge in [0, 0.05) is 12.6 Å². The molecule has 2 N–H and O–H groups in total. The maximum atomic E-state index is 5.71. The van der Waals surface area contributed by atoms with Crippen molar-refractivity contribution >= 4 is 5.82 Å². The van der Waals surface area contributed by atoms with Gasteiger partial charge in [0.05, 0.1) is 5.69 Å². The van der Waals surface area contributed by atoms with E-state index in [0.29, 0.717) is 0 Å². The Kier molecular flexibility index (Phi) is 1.66. The Morgan fingerprint density at radius 1 is 1.60 bits per heavy atom. The summed E-state index contributed by atoms with van der Waals surface area (Å²) < 4.78 is 1.72. The zero-order valence-electron chi connectivity index (χ0n) is 6.68. The molecule has 0 aromatic carbocycles. The number of hydrogen-bond acceptors (Lipinski definition) is 2. The summed E-state index contributed by atoms with van der Waals surface area (Å²) in [6.45, 7) is 4.07. The topological polar surface area (TPSA) is 43.8 Å². The Morgan fingerprint density at radius 2 is 2.20 bits per heavy atom. The fraction of sp³-hybridized carbons (Fsp3) is 0.571. The van der Waals surface area contributed by atoms with Gasteiger partial charge in [0.25, 0.3) is 0 Å². The van der Waals surface area contributed by atoms with E-state index in [1.54, 1.807) is 4.68 Å². The van der Waals surface area contributed by atoms with E-state index in [2.05, 4.69) is 12.0 Å². The Hall–Kier alpha value is -0.990. The second kappa shape index (κ2) is 2.33. The van der Waals surface area contributed by atoms with Crippen molar-refractivity contribution in [2.75, 3.05) is 5.73 Å². The molecule has 1 aromatic heterocycles. The highest BCUT2D eigenvalue weighted by atomic mass is 15.3. The van der Waals surface area contributed by atoms with E-state index in [1.807, 2.05) is 14.0 Å². The first-order valence-corrected chi connectivity index (χ1v) is 3.44. The summed E-state index contributed by atoms with van der Waals surface area (Å²) >= 11 is 0.